The number of methoxy groups -OCH3 is 1. The maximum atomic E-state index is 10.7. The molecule has 0 fully saturated rings. The third-order valence-corrected chi connectivity index (χ3v) is 1.42. The molecule has 1 rings (SSSR count). The van der Waals surface area contributed by atoms with Gasteiger partial charge in [0.05, 0.1) is 13.3 Å². The zero-order valence-electron chi connectivity index (χ0n) is 7.17. The minimum Gasteiger partial charge on any atom is -0.491 e. The first-order valence-corrected chi connectivity index (χ1v) is 3.85. The Morgan fingerprint density at radius 2 is 2.38 bits per heavy atom. The normalized spacial score (nSPS) is 9.46. The van der Waals surface area contributed by atoms with Crippen LogP contribution in [0.3, 0.4) is 0 Å². The lowest BCUT2D eigenvalue weighted by Crippen LogP contribution is -2.09. The van der Waals surface area contributed by atoms with Crippen molar-refractivity contribution in [2.24, 2.45) is 0 Å². The van der Waals surface area contributed by atoms with E-state index in [-0.39, 0.29) is 17.0 Å². The number of nitrogens with one attached hydrogen (secondary N) is 1. The predicted octanol–water partition coefficient (Wildman–Crippen LogP) is 1.10. The van der Waals surface area contributed by atoms with Crippen molar-refractivity contribution in [3.63, 3.8) is 0 Å². The van der Waals surface area contributed by atoms with E-state index in [1.807, 2.05) is 0 Å². The van der Waals surface area contributed by atoms with Crippen molar-refractivity contribution in [2.45, 2.75) is 6.92 Å². The van der Waals surface area contributed by atoms with Gasteiger partial charge in [-0.2, -0.15) is 4.98 Å². The Hall–Kier alpha value is -1.36. The highest BCUT2D eigenvalue weighted by atomic mass is 35.5. The molecule has 0 aromatic carbocycles. The molecule has 6 heteroatoms. The van der Waals surface area contributed by atoms with Gasteiger partial charge in [0.15, 0.2) is 11.6 Å². The van der Waals surface area contributed by atoms with Crippen LogP contribution in [0.2, 0.25) is 5.28 Å². The maximum Gasteiger partial charge on any atom is 0.224 e. The Morgan fingerprint density at radius 1 is 1.69 bits per heavy atom. The number of aromatic nitrogens is 2. The zero-order valence-corrected chi connectivity index (χ0v) is 7.92. The lowest BCUT2D eigenvalue weighted by Gasteiger charge is -2.06. The molecule has 0 aliphatic rings. The molecule has 0 radical (unpaired) electrons. The van der Waals surface area contributed by atoms with Gasteiger partial charge in [-0.25, -0.2) is 4.98 Å². The quantitative estimate of drug-likeness (QED) is 0.728. The molecule has 0 unspecified atom stereocenters. The molecule has 1 amide bonds. The summed E-state index contributed by atoms with van der Waals surface area (Å²) in [6.07, 6.45) is 1.39. The summed E-state index contributed by atoms with van der Waals surface area (Å²) >= 11 is 5.53. The largest absolute Gasteiger partial charge is 0.491 e. The van der Waals surface area contributed by atoms with Crippen molar-refractivity contribution in [3.05, 3.63) is 11.5 Å². The van der Waals surface area contributed by atoms with E-state index in [4.69, 9.17) is 16.3 Å². The molecule has 0 spiro atoms. The number of carbonyl (C=O) groups is 1. The summed E-state index contributed by atoms with van der Waals surface area (Å²) in [4.78, 5) is 18.2. The number of halogens is 1. The second kappa shape index (κ2) is 4.04. The SMILES string of the molecule is COc1cnc(Cl)nc1NC(C)=O. The highest BCUT2D eigenvalue weighted by Gasteiger charge is 2.07. The lowest BCUT2D eigenvalue weighted by molar-refractivity contribution is -0.114. The Labute approximate surface area is 80.1 Å². The molecule has 1 aromatic heterocycles. The van der Waals surface area contributed by atoms with Crippen molar-refractivity contribution in [1.29, 1.82) is 0 Å². The van der Waals surface area contributed by atoms with Gasteiger partial charge in [0.25, 0.3) is 0 Å². The van der Waals surface area contributed by atoms with Crippen LogP contribution in [0.1, 0.15) is 6.92 Å². The van der Waals surface area contributed by atoms with Gasteiger partial charge in [0.1, 0.15) is 0 Å². The minimum absolute atomic E-state index is 0.0598. The molecule has 0 bridgehead atoms. The van der Waals surface area contributed by atoms with Crippen LogP contribution in [0.25, 0.3) is 0 Å². The summed E-state index contributed by atoms with van der Waals surface area (Å²) in [6.45, 7) is 1.37. The molecule has 0 aliphatic heterocycles. The van der Waals surface area contributed by atoms with Crippen molar-refractivity contribution in [1.82, 2.24) is 9.97 Å². The number of anilines is 1. The highest BCUT2D eigenvalue weighted by Crippen LogP contribution is 2.21. The summed E-state index contributed by atoms with van der Waals surface area (Å²) in [5.41, 5.74) is 0. The number of hydrogen-bond donors (Lipinski definition) is 1. The monoisotopic (exact) mass is 201 g/mol. The molecule has 1 N–H and O–H groups in total. The third-order valence-electron chi connectivity index (χ3n) is 1.24. The van der Waals surface area contributed by atoms with Gasteiger partial charge in [-0.3, -0.25) is 4.79 Å². The van der Waals surface area contributed by atoms with Gasteiger partial charge in [-0.1, -0.05) is 0 Å². The maximum absolute atomic E-state index is 10.7. The summed E-state index contributed by atoms with van der Waals surface area (Å²) < 4.78 is 4.90. The Bertz CT molecular complexity index is 330. The number of hydrogen-bond acceptors (Lipinski definition) is 4. The van der Waals surface area contributed by atoms with E-state index in [1.165, 1.54) is 20.2 Å². The number of rotatable bonds is 2. The third kappa shape index (κ3) is 2.55. The molecule has 1 aromatic rings. The summed E-state index contributed by atoms with van der Waals surface area (Å²) in [6, 6.07) is 0. The van der Waals surface area contributed by atoms with E-state index in [1.54, 1.807) is 0 Å². The second-order valence-corrected chi connectivity index (χ2v) is 2.58. The Balaban J connectivity index is 3.01. The Morgan fingerprint density at radius 3 is 2.92 bits per heavy atom. The van der Waals surface area contributed by atoms with Crippen LogP contribution in [0.15, 0.2) is 6.20 Å². The van der Waals surface area contributed by atoms with Gasteiger partial charge < -0.3 is 10.1 Å². The molecule has 0 atom stereocenters. The standard InChI is InChI=1S/C7H8ClN3O2/c1-4(12)10-6-5(13-2)3-9-7(8)11-6/h3H,1-2H3,(H,9,10,11,12). The van der Waals surface area contributed by atoms with Crippen LogP contribution >= 0.6 is 11.6 Å². The average Bonchev–Trinajstić information content (AvgIpc) is 2.03. The predicted molar refractivity (Wildman–Crippen MR) is 47.9 cm³/mol. The molecule has 0 aliphatic carbocycles. The molecule has 70 valence electrons. The van der Waals surface area contributed by atoms with Gasteiger partial charge in [-0.05, 0) is 11.6 Å². The fourth-order valence-electron chi connectivity index (χ4n) is 0.755. The number of amides is 1. The fourth-order valence-corrected chi connectivity index (χ4v) is 0.888. The molecular formula is C7H8ClN3O2. The molecule has 1 heterocycles. The van der Waals surface area contributed by atoms with Crippen molar-refractivity contribution in [3.8, 4) is 5.75 Å². The molecule has 0 saturated heterocycles. The highest BCUT2D eigenvalue weighted by molar-refractivity contribution is 6.28. The van der Waals surface area contributed by atoms with Crippen molar-refractivity contribution < 1.29 is 9.53 Å². The van der Waals surface area contributed by atoms with Crippen LogP contribution in [-0.4, -0.2) is 23.0 Å². The van der Waals surface area contributed by atoms with E-state index in [0.717, 1.165) is 0 Å². The second-order valence-electron chi connectivity index (χ2n) is 2.24. The number of ether oxygens (including phenoxy) is 1. The van der Waals surface area contributed by atoms with Crippen molar-refractivity contribution in [2.75, 3.05) is 12.4 Å². The first-order chi connectivity index (χ1) is 6.13. The van der Waals surface area contributed by atoms with E-state index < -0.39 is 0 Å². The lowest BCUT2D eigenvalue weighted by atomic mass is 10.5. The van der Waals surface area contributed by atoms with Gasteiger partial charge in [0.2, 0.25) is 11.2 Å². The summed E-state index contributed by atoms with van der Waals surface area (Å²) in [5.74, 6) is 0.405. The summed E-state index contributed by atoms with van der Waals surface area (Å²) in [5, 5.41) is 2.53. The van der Waals surface area contributed by atoms with E-state index in [9.17, 15) is 4.79 Å². The number of carbonyl (C=O) groups excluding carboxylic acids is 1. The van der Waals surface area contributed by atoms with Gasteiger partial charge in [-0.15, -0.1) is 0 Å². The fraction of sp³-hybridized carbons (Fsp3) is 0.286. The smallest absolute Gasteiger partial charge is 0.224 e. The first-order valence-electron chi connectivity index (χ1n) is 3.47. The Kier molecular flexibility index (Phi) is 3.02. The van der Waals surface area contributed by atoms with E-state index >= 15 is 0 Å². The molecular weight excluding hydrogens is 194 g/mol. The van der Waals surface area contributed by atoms with Crippen molar-refractivity contribution >= 4 is 23.3 Å². The molecule has 0 saturated carbocycles. The van der Waals surface area contributed by atoms with Crippen LogP contribution in [-0.2, 0) is 4.79 Å². The average molecular weight is 202 g/mol. The van der Waals surface area contributed by atoms with Crippen LogP contribution in [0.5, 0.6) is 5.75 Å². The number of nitrogens with zero attached hydrogens (tertiary/aromatic N) is 2. The molecule has 13 heavy (non-hydrogen) atoms. The summed E-state index contributed by atoms with van der Waals surface area (Å²) in [7, 11) is 1.46. The van der Waals surface area contributed by atoms with Gasteiger partial charge in [0, 0.05) is 6.92 Å². The van der Waals surface area contributed by atoms with Crippen LogP contribution in [0, 0.1) is 0 Å². The van der Waals surface area contributed by atoms with Crippen LogP contribution < -0.4 is 10.1 Å². The van der Waals surface area contributed by atoms with Crippen LogP contribution in [0.4, 0.5) is 5.82 Å². The topological polar surface area (TPSA) is 64.1 Å². The van der Waals surface area contributed by atoms with E-state index in [0.29, 0.717) is 5.75 Å². The molecule has 5 nitrogen and oxygen atoms in total. The van der Waals surface area contributed by atoms with Gasteiger partial charge >= 0.3 is 0 Å². The zero-order chi connectivity index (χ0) is 9.84. The minimum atomic E-state index is -0.243. The first kappa shape index (κ1) is 9.73. The van der Waals surface area contributed by atoms with E-state index in [2.05, 4.69) is 15.3 Å².